The Morgan fingerprint density at radius 2 is 2.08 bits per heavy atom. The van der Waals surface area contributed by atoms with E-state index >= 15 is 0 Å². The zero-order valence-electron chi connectivity index (χ0n) is 14.0. The van der Waals surface area contributed by atoms with Gasteiger partial charge in [-0.25, -0.2) is 8.78 Å². The number of aromatic nitrogens is 3. The third kappa shape index (κ3) is 3.58. The molecule has 0 aliphatic rings. The fourth-order valence-electron chi connectivity index (χ4n) is 2.56. The van der Waals surface area contributed by atoms with Crippen LogP contribution in [-0.2, 0) is 4.79 Å². The zero-order valence-corrected chi connectivity index (χ0v) is 15.6. The van der Waals surface area contributed by atoms with Gasteiger partial charge in [0.25, 0.3) is 0 Å². The average molecular weight is 394 g/mol. The van der Waals surface area contributed by atoms with Crippen LogP contribution in [0.25, 0.3) is 10.7 Å². The molecule has 1 amide bonds. The molecule has 26 heavy (non-hydrogen) atoms. The van der Waals surface area contributed by atoms with Crippen molar-refractivity contribution in [2.45, 2.75) is 25.9 Å². The molecule has 3 aromatic rings. The molecule has 0 saturated heterocycles. The molecule has 0 fully saturated rings. The molecule has 2 unspecified atom stereocenters. The van der Waals surface area contributed by atoms with Gasteiger partial charge in [-0.3, -0.25) is 14.5 Å². The highest BCUT2D eigenvalue weighted by Gasteiger charge is 2.23. The van der Waals surface area contributed by atoms with Crippen LogP contribution in [-0.4, -0.2) is 20.7 Å². The van der Waals surface area contributed by atoms with Gasteiger partial charge >= 0.3 is 0 Å². The second kappa shape index (κ2) is 7.46. The van der Waals surface area contributed by atoms with E-state index in [9.17, 15) is 13.6 Å². The van der Waals surface area contributed by atoms with E-state index in [0.29, 0.717) is 16.2 Å². The molecule has 2 heterocycles. The summed E-state index contributed by atoms with van der Waals surface area (Å²) in [5, 5.41) is 11.6. The van der Waals surface area contributed by atoms with E-state index in [1.165, 1.54) is 17.4 Å². The first-order valence-electron chi connectivity index (χ1n) is 7.84. The number of hydrogen-bond acceptors (Lipinski definition) is 4. The minimum Gasteiger partial charge on any atom is -0.348 e. The number of carbonyl (C=O) groups is 1. The summed E-state index contributed by atoms with van der Waals surface area (Å²) in [5.41, 5.74) is 0.471. The number of aromatic amines is 1. The van der Waals surface area contributed by atoms with Gasteiger partial charge in [-0.15, -0.1) is 11.3 Å². The molecule has 0 saturated carbocycles. The molecule has 0 aliphatic heterocycles. The average Bonchev–Trinajstić information content (AvgIpc) is 3.25. The molecular formula is C17H16F2N4OS2. The van der Waals surface area contributed by atoms with E-state index in [2.05, 4.69) is 15.5 Å². The van der Waals surface area contributed by atoms with Crippen LogP contribution in [0.15, 0.2) is 35.7 Å². The van der Waals surface area contributed by atoms with Crippen molar-refractivity contribution < 1.29 is 13.6 Å². The summed E-state index contributed by atoms with van der Waals surface area (Å²) in [7, 11) is 0. The topological polar surface area (TPSA) is 62.7 Å². The number of rotatable bonds is 5. The molecule has 2 aromatic heterocycles. The smallest absolute Gasteiger partial charge is 0.243 e. The fourth-order valence-corrected chi connectivity index (χ4v) is 3.56. The first-order chi connectivity index (χ1) is 12.4. The normalized spacial score (nSPS) is 13.4. The largest absolute Gasteiger partial charge is 0.348 e. The highest BCUT2D eigenvalue weighted by atomic mass is 32.1. The number of amides is 1. The first kappa shape index (κ1) is 18.4. The molecule has 2 N–H and O–H groups in total. The lowest BCUT2D eigenvalue weighted by molar-refractivity contribution is -0.124. The Balaban J connectivity index is 1.81. The van der Waals surface area contributed by atoms with Gasteiger partial charge in [0, 0.05) is 0 Å². The SMILES string of the molecule is CC(NC(=O)C(C)n1c(-c2cccs2)n[nH]c1=S)c1ccc(F)c(F)c1. The molecule has 9 heteroatoms. The monoisotopic (exact) mass is 394 g/mol. The third-order valence-corrected chi connectivity index (χ3v) is 5.17. The number of H-pyrrole nitrogens is 1. The minimum absolute atomic E-state index is 0.308. The molecule has 0 radical (unpaired) electrons. The van der Waals surface area contributed by atoms with E-state index < -0.39 is 23.7 Å². The number of carbonyl (C=O) groups excluding carboxylic acids is 1. The lowest BCUT2D eigenvalue weighted by Gasteiger charge is -2.19. The van der Waals surface area contributed by atoms with Crippen LogP contribution in [0.4, 0.5) is 8.78 Å². The van der Waals surface area contributed by atoms with Crippen LogP contribution < -0.4 is 5.32 Å². The van der Waals surface area contributed by atoms with Crippen LogP contribution in [0, 0.1) is 16.4 Å². The molecule has 5 nitrogen and oxygen atoms in total. The fraction of sp³-hybridized carbons (Fsp3) is 0.235. The Morgan fingerprint density at radius 1 is 1.31 bits per heavy atom. The maximum Gasteiger partial charge on any atom is 0.243 e. The van der Waals surface area contributed by atoms with E-state index in [1.807, 2.05) is 17.5 Å². The van der Waals surface area contributed by atoms with Gasteiger partial charge in [-0.05, 0) is 55.2 Å². The van der Waals surface area contributed by atoms with Crippen molar-refractivity contribution in [2.24, 2.45) is 0 Å². The van der Waals surface area contributed by atoms with Gasteiger partial charge < -0.3 is 5.32 Å². The van der Waals surface area contributed by atoms with Gasteiger partial charge in [0.15, 0.2) is 22.2 Å². The maximum atomic E-state index is 13.4. The van der Waals surface area contributed by atoms with Gasteiger partial charge in [0.1, 0.15) is 6.04 Å². The molecule has 0 spiro atoms. The number of nitrogens with one attached hydrogen (secondary N) is 2. The summed E-state index contributed by atoms with van der Waals surface area (Å²) < 4.78 is 28.4. The van der Waals surface area contributed by atoms with Crippen molar-refractivity contribution in [1.29, 1.82) is 0 Å². The lowest BCUT2D eigenvalue weighted by Crippen LogP contribution is -2.33. The van der Waals surface area contributed by atoms with Crippen molar-refractivity contribution in [3.63, 3.8) is 0 Å². The summed E-state index contributed by atoms with van der Waals surface area (Å²) in [4.78, 5) is 13.5. The Morgan fingerprint density at radius 3 is 2.73 bits per heavy atom. The summed E-state index contributed by atoms with van der Waals surface area (Å²) in [6.07, 6.45) is 0. The van der Waals surface area contributed by atoms with Crippen molar-refractivity contribution >= 4 is 29.5 Å². The van der Waals surface area contributed by atoms with E-state index in [-0.39, 0.29) is 5.91 Å². The number of halogens is 2. The second-order valence-electron chi connectivity index (χ2n) is 5.78. The van der Waals surface area contributed by atoms with Crippen LogP contribution >= 0.6 is 23.6 Å². The number of thiophene rings is 1. The van der Waals surface area contributed by atoms with Gasteiger partial charge in [-0.1, -0.05) is 12.1 Å². The zero-order chi connectivity index (χ0) is 18.8. The number of nitrogens with zero attached hydrogens (tertiary/aromatic N) is 2. The first-order valence-corrected chi connectivity index (χ1v) is 9.13. The molecule has 0 aliphatic carbocycles. The Bertz CT molecular complexity index is 981. The predicted molar refractivity (Wildman–Crippen MR) is 98.4 cm³/mol. The standard InChI is InChI=1S/C17H16F2N4OS2/c1-9(11-5-6-12(18)13(19)8-11)20-16(24)10(2)23-15(21-22-17(23)25)14-4-3-7-26-14/h3-10H,1-2H3,(H,20,24)(H,22,25). The van der Waals surface area contributed by atoms with Gasteiger partial charge in [0.05, 0.1) is 10.9 Å². The van der Waals surface area contributed by atoms with Crippen molar-refractivity contribution in [3.8, 4) is 10.7 Å². The third-order valence-electron chi connectivity index (χ3n) is 4.02. The quantitative estimate of drug-likeness (QED) is 0.631. The Labute approximate surface area is 157 Å². The summed E-state index contributed by atoms with van der Waals surface area (Å²) in [6.45, 7) is 3.40. The summed E-state index contributed by atoms with van der Waals surface area (Å²) >= 11 is 6.75. The van der Waals surface area contributed by atoms with Crippen LogP contribution in [0.2, 0.25) is 0 Å². The predicted octanol–water partition coefficient (Wildman–Crippen LogP) is 4.39. The molecule has 3 rings (SSSR count). The van der Waals surface area contributed by atoms with Gasteiger partial charge in [0.2, 0.25) is 5.91 Å². The minimum atomic E-state index is -0.950. The van der Waals surface area contributed by atoms with Crippen molar-refractivity contribution in [3.05, 3.63) is 57.7 Å². The van der Waals surface area contributed by atoms with E-state index in [0.717, 1.165) is 17.0 Å². The number of benzene rings is 1. The number of hydrogen-bond donors (Lipinski definition) is 2. The van der Waals surface area contributed by atoms with E-state index in [4.69, 9.17) is 12.2 Å². The molecule has 1 aromatic carbocycles. The summed E-state index contributed by atoms with van der Waals surface area (Å²) in [6, 6.07) is 6.20. The maximum absolute atomic E-state index is 13.4. The molecular weight excluding hydrogens is 378 g/mol. The Hall–Kier alpha value is -2.39. The highest BCUT2D eigenvalue weighted by Crippen LogP contribution is 2.26. The second-order valence-corrected chi connectivity index (χ2v) is 7.11. The van der Waals surface area contributed by atoms with Gasteiger partial charge in [-0.2, -0.15) is 5.10 Å². The Kier molecular flexibility index (Phi) is 5.28. The van der Waals surface area contributed by atoms with Crippen LogP contribution in [0.5, 0.6) is 0 Å². The highest BCUT2D eigenvalue weighted by molar-refractivity contribution is 7.71. The molecule has 136 valence electrons. The van der Waals surface area contributed by atoms with Crippen molar-refractivity contribution in [2.75, 3.05) is 0 Å². The molecule has 0 bridgehead atoms. The van der Waals surface area contributed by atoms with E-state index in [1.54, 1.807) is 18.4 Å². The summed E-state index contributed by atoms with van der Waals surface area (Å²) in [5.74, 6) is -1.61. The van der Waals surface area contributed by atoms with Crippen molar-refractivity contribution in [1.82, 2.24) is 20.1 Å². The van der Waals surface area contributed by atoms with Crippen LogP contribution in [0.3, 0.4) is 0 Å². The molecule has 2 atom stereocenters. The lowest BCUT2D eigenvalue weighted by atomic mass is 10.1. The van der Waals surface area contributed by atoms with Crippen LogP contribution in [0.1, 0.15) is 31.5 Å².